The van der Waals surface area contributed by atoms with E-state index in [1.54, 1.807) is 0 Å². The van der Waals surface area contributed by atoms with E-state index in [1.165, 1.54) is 6.42 Å². The first kappa shape index (κ1) is 14.5. The third-order valence-electron chi connectivity index (χ3n) is 3.43. The Balaban J connectivity index is 2.24. The van der Waals surface area contributed by atoms with Crippen LogP contribution >= 0.6 is 0 Å². The van der Waals surface area contributed by atoms with Gasteiger partial charge in [-0.2, -0.15) is 0 Å². The van der Waals surface area contributed by atoms with E-state index in [-0.39, 0.29) is 18.6 Å². The van der Waals surface area contributed by atoms with Crippen LogP contribution in [0, 0.1) is 5.92 Å². The highest BCUT2D eigenvalue weighted by molar-refractivity contribution is 5.81. The zero-order chi connectivity index (χ0) is 12.5. The Kier molecular flexibility index (Phi) is 7.21. The average Bonchev–Trinajstić information content (AvgIpc) is 2.37. The first-order chi connectivity index (χ1) is 8.27. The number of aliphatic hydroxyl groups is 1. The number of piperidine rings is 1. The van der Waals surface area contributed by atoms with Crippen molar-refractivity contribution in [1.82, 2.24) is 10.6 Å². The number of nitrogens with one attached hydrogen (secondary N) is 2. The number of hydrogen-bond acceptors (Lipinski definition) is 3. The molecule has 1 fully saturated rings. The maximum absolute atomic E-state index is 11.9. The molecule has 1 aliphatic heterocycles. The van der Waals surface area contributed by atoms with Crippen molar-refractivity contribution >= 4 is 5.91 Å². The van der Waals surface area contributed by atoms with Crippen LogP contribution in [0.5, 0.6) is 0 Å². The highest BCUT2D eigenvalue weighted by atomic mass is 16.3. The lowest BCUT2D eigenvalue weighted by molar-refractivity contribution is -0.123. The van der Waals surface area contributed by atoms with Gasteiger partial charge in [0.05, 0.1) is 6.04 Å². The molecule has 0 spiro atoms. The summed E-state index contributed by atoms with van der Waals surface area (Å²) in [5.74, 6) is 0.543. The quantitative estimate of drug-likeness (QED) is 0.625. The standard InChI is InChI=1S/C13H26N2O2/c1-2-5-11(7-9-16)10-15-13(17)12-6-3-4-8-14-12/h11-12,14,16H,2-10H2,1H3,(H,15,17)/t11?,12-/m0/s1. The minimum atomic E-state index is 0.000142. The third kappa shape index (κ3) is 5.50. The Morgan fingerprint density at radius 1 is 1.47 bits per heavy atom. The molecule has 1 rings (SSSR count). The van der Waals surface area contributed by atoms with E-state index >= 15 is 0 Å². The first-order valence-electron chi connectivity index (χ1n) is 6.89. The van der Waals surface area contributed by atoms with Gasteiger partial charge in [-0.25, -0.2) is 0 Å². The molecule has 0 bridgehead atoms. The molecule has 4 heteroatoms. The molecule has 0 saturated carbocycles. The molecule has 4 nitrogen and oxygen atoms in total. The van der Waals surface area contributed by atoms with Crippen LogP contribution in [-0.2, 0) is 4.79 Å². The smallest absolute Gasteiger partial charge is 0.237 e. The minimum absolute atomic E-state index is 0.000142. The summed E-state index contributed by atoms with van der Waals surface area (Å²) in [6.07, 6.45) is 6.21. The summed E-state index contributed by atoms with van der Waals surface area (Å²) in [6.45, 7) is 4.00. The SMILES string of the molecule is CCCC(CCO)CNC(=O)[C@@H]1CCCCN1. The van der Waals surface area contributed by atoms with E-state index in [9.17, 15) is 4.79 Å². The van der Waals surface area contributed by atoms with Gasteiger partial charge in [0.25, 0.3) is 0 Å². The van der Waals surface area contributed by atoms with Gasteiger partial charge in [0, 0.05) is 13.2 Å². The predicted octanol–water partition coefficient (Wildman–Crippen LogP) is 1.04. The normalized spacial score (nSPS) is 22.1. The molecule has 0 aromatic rings. The molecule has 3 N–H and O–H groups in total. The monoisotopic (exact) mass is 242 g/mol. The van der Waals surface area contributed by atoms with E-state index in [1.807, 2.05) is 0 Å². The number of rotatable bonds is 7. The second-order valence-electron chi connectivity index (χ2n) is 4.91. The molecule has 0 aromatic carbocycles. The number of amides is 1. The molecule has 1 aliphatic rings. The van der Waals surface area contributed by atoms with Crippen molar-refractivity contribution in [3.63, 3.8) is 0 Å². The van der Waals surface area contributed by atoms with Crippen LogP contribution in [-0.4, -0.2) is 36.8 Å². The van der Waals surface area contributed by atoms with E-state index < -0.39 is 0 Å². The molecule has 100 valence electrons. The first-order valence-corrected chi connectivity index (χ1v) is 6.89. The van der Waals surface area contributed by atoms with Crippen LogP contribution in [0.4, 0.5) is 0 Å². The Morgan fingerprint density at radius 3 is 2.88 bits per heavy atom. The van der Waals surface area contributed by atoms with Gasteiger partial charge < -0.3 is 15.7 Å². The van der Waals surface area contributed by atoms with Crippen molar-refractivity contribution in [1.29, 1.82) is 0 Å². The zero-order valence-corrected chi connectivity index (χ0v) is 10.9. The highest BCUT2D eigenvalue weighted by Gasteiger charge is 2.20. The van der Waals surface area contributed by atoms with E-state index in [0.717, 1.165) is 38.6 Å². The van der Waals surface area contributed by atoms with Gasteiger partial charge in [-0.05, 0) is 38.1 Å². The van der Waals surface area contributed by atoms with Crippen molar-refractivity contribution in [3.05, 3.63) is 0 Å². The summed E-state index contributed by atoms with van der Waals surface area (Å²) < 4.78 is 0. The zero-order valence-electron chi connectivity index (χ0n) is 10.9. The molecule has 0 radical (unpaired) electrons. The predicted molar refractivity (Wildman–Crippen MR) is 68.8 cm³/mol. The fraction of sp³-hybridized carbons (Fsp3) is 0.923. The molecular weight excluding hydrogens is 216 g/mol. The van der Waals surface area contributed by atoms with E-state index in [4.69, 9.17) is 5.11 Å². The topological polar surface area (TPSA) is 61.4 Å². The molecule has 1 unspecified atom stereocenters. The van der Waals surface area contributed by atoms with Crippen molar-refractivity contribution in [2.75, 3.05) is 19.7 Å². The molecular formula is C13H26N2O2. The lowest BCUT2D eigenvalue weighted by Crippen LogP contribution is -2.47. The van der Waals surface area contributed by atoms with Gasteiger partial charge in [-0.1, -0.05) is 19.8 Å². The van der Waals surface area contributed by atoms with Crippen molar-refractivity contribution in [3.8, 4) is 0 Å². The summed E-state index contributed by atoms with van der Waals surface area (Å²) in [7, 11) is 0. The van der Waals surface area contributed by atoms with E-state index in [0.29, 0.717) is 12.5 Å². The van der Waals surface area contributed by atoms with Crippen LogP contribution in [0.1, 0.15) is 45.4 Å². The lowest BCUT2D eigenvalue weighted by atomic mass is 9.99. The lowest BCUT2D eigenvalue weighted by Gasteiger charge is -2.24. The van der Waals surface area contributed by atoms with Crippen molar-refractivity contribution in [2.24, 2.45) is 5.92 Å². The fourth-order valence-corrected chi connectivity index (χ4v) is 2.38. The fourth-order valence-electron chi connectivity index (χ4n) is 2.38. The Labute approximate surface area is 104 Å². The second-order valence-corrected chi connectivity index (χ2v) is 4.91. The number of aliphatic hydroxyl groups excluding tert-OH is 1. The van der Waals surface area contributed by atoms with Crippen LogP contribution in [0.25, 0.3) is 0 Å². The molecule has 0 aromatic heterocycles. The second kappa shape index (κ2) is 8.48. The van der Waals surface area contributed by atoms with Gasteiger partial charge in [0.1, 0.15) is 0 Å². The van der Waals surface area contributed by atoms with Crippen molar-refractivity contribution < 1.29 is 9.90 Å². The van der Waals surface area contributed by atoms with Gasteiger partial charge in [-0.3, -0.25) is 4.79 Å². The third-order valence-corrected chi connectivity index (χ3v) is 3.43. The summed E-state index contributed by atoms with van der Waals surface area (Å²) in [5.41, 5.74) is 0. The molecule has 1 saturated heterocycles. The highest BCUT2D eigenvalue weighted by Crippen LogP contribution is 2.10. The van der Waals surface area contributed by atoms with Gasteiger partial charge in [0.2, 0.25) is 5.91 Å². The van der Waals surface area contributed by atoms with Crippen molar-refractivity contribution in [2.45, 2.75) is 51.5 Å². The Hall–Kier alpha value is -0.610. The number of carbonyl (C=O) groups excluding carboxylic acids is 1. The van der Waals surface area contributed by atoms with E-state index in [2.05, 4.69) is 17.6 Å². The molecule has 0 aliphatic carbocycles. The van der Waals surface area contributed by atoms with Gasteiger partial charge >= 0.3 is 0 Å². The maximum atomic E-state index is 11.9. The maximum Gasteiger partial charge on any atom is 0.237 e. The average molecular weight is 242 g/mol. The molecule has 1 heterocycles. The van der Waals surface area contributed by atoms with Crippen LogP contribution in [0.15, 0.2) is 0 Å². The molecule has 1 amide bonds. The number of carbonyl (C=O) groups is 1. The van der Waals surface area contributed by atoms with Crippen LogP contribution in [0.2, 0.25) is 0 Å². The number of hydrogen-bond donors (Lipinski definition) is 3. The largest absolute Gasteiger partial charge is 0.396 e. The minimum Gasteiger partial charge on any atom is -0.396 e. The van der Waals surface area contributed by atoms with Gasteiger partial charge in [-0.15, -0.1) is 0 Å². The van der Waals surface area contributed by atoms with Crippen LogP contribution < -0.4 is 10.6 Å². The van der Waals surface area contributed by atoms with Gasteiger partial charge in [0.15, 0.2) is 0 Å². The molecule has 17 heavy (non-hydrogen) atoms. The summed E-state index contributed by atoms with van der Waals surface area (Å²) in [6, 6.07) is 0.000142. The summed E-state index contributed by atoms with van der Waals surface area (Å²) >= 11 is 0. The summed E-state index contributed by atoms with van der Waals surface area (Å²) in [5, 5.41) is 15.2. The summed E-state index contributed by atoms with van der Waals surface area (Å²) in [4.78, 5) is 11.9. The van der Waals surface area contributed by atoms with Crippen LogP contribution in [0.3, 0.4) is 0 Å². The Bertz CT molecular complexity index is 209. The Morgan fingerprint density at radius 2 is 2.29 bits per heavy atom. The molecule has 2 atom stereocenters.